The Morgan fingerprint density at radius 2 is 1.81 bits per heavy atom. The smallest absolute Gasteiger partial charge is 0.0668 e. The Morgan fingerprint density at radius 1 is 1.00 bits per heavy atom. The normalized spacial score (nSPS) is 22.9. The van der Waals surface area contributed by atoms with Gasteiger partial charge in [0.15, 0.2) is 0 Å². The number of rotatable bonds is 6. The molecule has 1 N–H and O–H groups in total. The zero-order valence-corrected chi connectivity index (χ0v) is 16.2. The zero-order chi connectivity index (χ0) is 18.5. The fraction of sp³-hybridized carbons (Fsp3) is 0.591. The lowest BCUT2D eigenvalue weighted by Gasteiger charge is -2.42. The number of nitrogens with zero attached hydrogens (tertiary/aromatic N) is 4. The van der Waals surface area contributed by atoms with Crippen molar-refractivity contribution in [2.24, 2.45) is 0 Å². The van der Waals surface area contributed by atoms with Crippen molar-refractivity contribution in [1.29, 1.82) is 0 Å². The number of piperidine rings is 2. The highest BCUT2D eigenvalue weighted by Gasteiger charge is 2.30. The minimum atomic E-state index is 0.152. The highest BCUT2D eigenvalue weighted by molar-refractivity contribution is 5.14. The molecule has 0 amide bonds. The second-order valence-electron chi connectivity index (χ2n) is 8.05. The number of benzene rings is 1. The molecule has 27 heavy (non-hydrogen) atoms. The van der Waals surface area contributed by atoms with Crippen LogP contribution < -0.4 is 0 Å². The summed E-state index contributed by atoms with van der Waals surface area (Å²) in [5.41, 5.74) is 2.63. The molecule has 0 bridgehead atoms. The summed E-state index contributed by atoms with van der Waals surface area (Å²) in [7, 11) is 0. The maximum absolute atomic E-state index is 9.09. The molecule has 5 heteroatoms. The Kier molecular flexibility index (Phi) is 6.22. The molecule has 0 aliphatic carbocycles. The summed E-state index contributed by atoms with van der Waals surface area (Å²) in [6, 6.07) is 13.7. The van der Waals surface area contributed by atoms with Crippen LogP contribution in [0.4, 0.5) is 0 Å². The fourth-order valence-corrected chi connectivity index (χ4v) is 4.69. The Bertz CT molecular complexity index is 693. The van der Waals surface area contributed by atoms with Crippen LogP contribution in [0, 0.1) is 0 Å². The average Bonchev–Trinajstić information content (AvgIpc) is 3.19. The first-order valence-corrected chi connectivity index (χ1v) is 10.5. The number of aliphatic hydroxyl groups is 1. The van der Waals surface area contributed by atoms with Gasteiger partial charge in [-0.2, -0.15) is 5.10 Å². The molecule has 5 nitrogen and oxygen atoms in total. The molecule has 1 aromatic heterocycles. The lowest BCUT2D eigenvalue weighted by molar-refractivity contribution is 0.0816. The van der Waals surface area contributed by atoms with Crippen molar-refractivity contribution in [2.45, 2.75) is 50.7 Å². The number of hydrogen-bond acceptors (Lipinski definition) is 4. The second-order valence-corrected chi connectivity index (χ2v) is 8.05. The monoisotopic (exact) mass is 368 g/mol. The molecule has 4 rings (SSSR count). The van der Waals surface area contributed by atoms with Gasteiger partial charge in [-0.1, -0.05) is 30.3 Å². The van der Waals surface area contributed by atoms with Crippen molar-refractivity contribution < 1.29 is 5.11 Å². The van der Waals surface area contributed by atoms with E-state index in [-0.39, 0.29) is 6.61 Å². The summed E-state index contributed by atoms with van der Waals surface area (Å²) >= 11 is 0. The first kappa shape index (κ1) is 18.7. The Morgan fingerprint density at radius 3 is 2.59 bits per heavy atom. The molecular formula is C22H32N4O. The van der Waals surface area contributed by atoms with Crippen LogP contribution in [0.3, 0.4) is 0 Å². The van der Waals surface area contributed by atoms with Gasteiger partial charge in [0, 0.05) is 31.2 Å². The summed E-state index contributed by atoms with van der Waals surface area (Å²) in [6.07, 6.45) is 7.06. The molecule has 0 saturated carbocycles. The van der Waals surface area contributed by atoms with Gasteiger partial charge in [0.1, 0.15) is 0 Å². The molecule has 2 saturated heterocycles. The third-order valence-corrected chi connectivity index (χ3v) is 6.18. The highest BCUT2D eigenvalue weighted by atomic mass is 16.3. The quantitative estimate of drug-likeness (QED) is 0.852. The number of likely N-dealkylation sites (tertiary alicyclic amines) is 2. The maximum Gasteiger partial charge on any atom is 0.0668 e. The molecule has 146 valence electrons. The molecule has 2 aliphatic rings. The number of aliphatic hydroxyl groups excluding tert-OH is 1. The average molecular weight is 369 g/mol. The molecule has 3 heterocycles. The van der Waals surface area contributed by atoms with Crippen LogP contribution in [-0.2, 0) is 13.1 Å². The fourth-order valence-electron chi connectivity index (χ4n) is 4.69. The highest BCUT2D eigenvalue weighted by Crippen LogP contribution is 2.29. The molecular weight excluding hydrogens is 336 g/mol. The van der Waals surface area contributed by atoms with Crippen LogP contribution in [0.2, 0.25) is 0 Å². The van der Waals surface area contributed by atoms with Gasteiger partial charge >= 0.3 is 0 Å². The summed E-state index contributed by atoms with van der Waals surface area (Å²) in [5, 5.41) is 13.8. The topological polar surface area (TPSA) is 44.5 Å². The molecule has 0 spiro atoms. The predicted octanol–water partition coefficient (Wildman–Crippen LogP) is 2.72. The summed E-state index contributed by atoms with van der Waals surface area (Å²) in [6.45, 7) is 6.60. The standard InChI is InChI=1S/C22H32N4O/c27-16-15-26-14-10-22(23-26)20-7-4-11-25(18-20)21-8-12-24(13-9-21)17-19-5-2-1-3-6-19/h1-3,5-6,10,14,20-21,27H,4,7-9,11-13,15-18H2. The SMILES string of the molecule is OCCn1ccc(C2CCCN(C3CCN(Cc4ccccc4)CC3)C2)n1. The van der Waals surface area contributed by atoms with E-state index in [0.717, 1.165) is 19.1 Å². The van der Waals surface area contributed by atoms with Gasteiger partial charge in [-0.3, -0.25) is 14.5 Å². The van der Waals surface area contributed by atoms with Crippen LogP contribution in [0.5, 0.6) is 0 Å². The predicted molar refractivity (Wildman–Crippen MR) is 108 cm³/mol. The van der Waals surface area contributed by atoms with E-state index in [4.69, 9.17) is 5.11 Å². The third-order valence-electron chi connectivity index (χ3n) is 6.18. The largest absolute Gasteiger partial charge is 0.394 e. The van der Waals surface area contributed by atoms with Gasteiger partial charge < -0.3 is 5.11 Å². The van der Waals surface area contributed by atoms with E-state index in [9.17, 15) is 0 Å². The van der Waals surface area contributed by atoms with Gasteiger partial charge in [0.05, 0.1) is 18.8 Å². The molecule has 1 atom stereocenters. The molecule has 2 aromatic rings. The summed E-state index contributed by atoms with van der Waals surface area (Å²) < 4.78 is 1.87. The Labute approximate surface area is 162 Å². The lowest BCUT2D eigenvalue weighted by Crippen LogP contribution is -2.48. The van der Waals surface area contributed by atoms with Crippen molar-refractivity contribution >= 4 is 0 Å². The van der Waals surface area contributed by atoms with Crippen LogP contribution in [0.25, 0.3) is 0 Å². The van der Waals surface area contributed by atoms with Crippen molar-refractivity contribution in [3.05, 3.63) is 53.9 Å². The van der Waals surface area contributed by atoms with E-state index in [1.54, 1.807) is 0 Å². The van der Waals surface area contributed by atoms with E-state index in [0.29, 0.717) is 12.5 Å². The van der Waals surface area contributed by atoms with Crippen LogP contribution in [0.15, 0.2) is 42.6 Å². The summed E-state index contributed by atoms with van der Waals surface area (Å²) in [4.78, 5) is 5.32. The van der Waals surface area contributed by atoms with Crippen molar-refractivity contribution in [3.63, 3.8) is 0 Å². The van der Waals surface area contributed by atoms with Crippen molar-refractivity contribution in [1.82, 2.24) is 19.6 Å². The molecule has 2 aliphatic heterocycles. The van der Waals surface area contributed by atoms with E-state index < -0.39 is 0 Å². The third kappa shape index (κ3) is 4.78. The second kappa shape index (κ2) is 9.00. The number of aromatic nitrogens is 2. The molecule has 2 fully saturated rings. The van der Waals surface area contributed by atoms with Crippen LogP contribution in [-0.4, -0.2) is 63.5 Å². The van der Waals surface area contributed by atoms with Gasteiger partial charge in [-0.15, -0.1) is 0 Å². The molecule has 1 unspecified atom stereocenters. The van der Waals surface area contributed by atoms with Gasteiger partial charge in [-0.25, -0.2) is 0 Å². The van der Waals surface area contributed by atoms with Gasteiger partial charge in [0.25, 0.3) is 0 Å². The van der Waals surface area contributed by atoms with Crippen molar-refractivity contribution in [2.75, 3.05) is 32.8 Å². The number of hydrogen-bond donors (Lipinski definition) is 1. The minimum absolute atomic E-state index is 0.152. The molecule has 0 radical (unpaired) electrons. The van der Waals surface area contributed by atoms with Crippen LogP contribution >= 0.6 is 0 Å². The first-order valence-electron chi connectivity index (χ1n) is 10.5. The van der Waals surface area contributed by atoms with E-state index in [1.165, 1.54) is 56.6 Å². The minimum Gasteiger partial charge on any atom is -0.394 e. The molecule has 1 aromatic carbocycles. The van der Waals surface area contributed by atoms with Gasteiger partial charge in [0.2, 0.25) is 0 Å². The summed E-state index contributed by atoms with van der Waals surface area (Å²) in [5.74, 6) is 0.543. The van der Waals surface area contributed by atoms with Crippen molar-refractivity contribution in [3.8, 4) is 0 Å². The zero-order valence-electron chi connectivity index (χ0n) is 16.2. The van der Waals surface area contributed by atoms with Crippen LogP contribution in [0.1, 0.15) is 42.9 Å². The first-order chi connectivity index (χ1) is 13.3. The van der Waals surface area contributed by atoms with E-state index >= 15 is 0 Å². The van der Waals surface area contributed by atoms with Gasteiger partial charge in [-0.05, 0) is 56.9 Å². The lowest BCUT2D eigenvalue weighted by atomic mass is 9.92. The van der Waals surface area contributed by atoms with E-state index in [1.807, 2.05) is 10.9 Å². The Hall–Kier alpha value is -1.69. The van der Waals surface area contributed by atoms with E-state index in [2.05, 4.69) is 51.3 Å². The maximum atomic E-state index is 9.09. The Balaban J connectivity index is 1.29.